The first kappa shape index (κ1) is 15.1. The van der Waals surface area contributed by atoms with Crippen molar-refractivity contribution in [1.29, 1.82) is 5.26 Å². The Labute approximate surface area is 109 Å². The molecule has 1 aromatic rings. The van der Waals surface area contributed by atoms with Crippen LogP contribution < -0.4 is 4.74 Å². The number of ether oxygens (including phenoxy) is 1. The van der Waals surface area contributed by atoms with E-state index < -0.39 is 42.5 Å². The van der Waals surface area contributed by atoms with Crippen molar-refractivity contribution in [1.82, 2.24) is 0 Å². The second kappa shape index (κ2) is 5.33. The number of nitro groups is 1. The van der Waals surface area contributed by atoms with Crippen molar-refractivity contribution < 1.29 is 26.9 Å². The van der Waals surface area contributed by atoms with E-state index in [1.165, 1.54) is 6.07 Å². The van der Waals surface area contributed by atoms with Crippen LogP contribution in [0, 0.1) is 21.4 Å². The van der Waals surface area contributed by atoms with Crippen molar-refractivity contribution in [2.45, 2.75) is 11.5 Å². The molecule has 0 heterocycles. The highest BCUT2D eigenvalue weighted by Crippen LogP contribution is 2.37. The average Bonchev–Trinajstić information content (AvgIpc) is 2.25. The zero-order valence-corrected chi connectivity index (χ0v) is 10.3. The van der Waals surface area contributed by atoms with Crippen molar-refractivity contribution in [2.75, 3.05) is 0 Å². The van der Waals surface area contributed by atoms with Gasteiger partial charge in [-0.1, -0.05) is 0 Å². The van der Waals surface area contributed by atoms with Crippen LogP contribution in [0.4, 0.5) is 14.5 Å². The lowest BCUT2D eigenvalue weighted by atomic mass is 10.2. The number of hydrogen-bond donors (Lipinski definition) is 0. The fourth-order valence-corrected chi connectivity index (χ4v) is 2.41. The van der Waals surface area contributed by atoms with E-state index in [0.717, 1.165) is 0 Å². The van der Waals surface area contributed by atoms with Gasteiger partial charge in [0.2, 0.25) is 4.90 Å². The van der Waals surface area contributed by atoms with Gasteiger partial charge < -0.3 is 4.74 Å². The zero-order chi connectivity index (χ0) is 14.8. The van der Waals surface area contributed by atoms with Crippen molar-refractivity contribution in [3.8, 4) is 11.8 Å². The lowest BCUT2D eigenvalue weighted by Crippen LogP contribution is -2.08. The molecule has 0 saturated carbocycles. The highest BCUT2D eigenvalue weighted by atomic mass is 35.7. The Balaban J connectivity index is 3.72. The Hall–Kier alpha value is -1.99. The third-order valence-corrected chi connectivity index (χ3v) is 3.18. The van der Waals surface area contributed by atoms with Gasteiger partial charge in [0, 0.05) is 22.8 Å². The highest BCUT2D eigenvalue weighted by Gasteiger charge is 2.31. The monoisotopic (exact) mass is 312 g/mol. The summed E-state index contributed by atoms with van der Waals surface area (Å²) in [5.74, 6) is -1.06. The Bertz CT molecular complexity index is 670. The van der Waals surface area contributed by atoms with Gasteiger partial charge in [0.25, 0.3) is 14.7 Å². The number of rotatable bonds is 4. The third-order valence-electron chi connectivity index (χ3n) is 1.82. The van der Waals surface area contributed by atoms with Crippen LogP contribution in [-0.4, -0.2) is 20.0 Å². The summed E-state index contributed by atoms with van der Waals surface area (Å²) < 4.78 is 50.6. The summed E-state index contributed by atoms with van der Waals surface area (Å²) >= 11 is 0. The maximum atomic E-state index is 12.1. The molecule has 0 aromatic heterocycles. The zero-order valence-electron chi connectivity index (χ0n) is 8.71. The smallest absolute Gasteiger partial charge is 0.387 e. The van der Waals surface area contributed by atoms with Gasteiger partial charge in [0.05, 0.1) is 16.6 Å². The van der Waals surface area contributed by atoms with Crippen LogP contribution in [0.3, 0.4) is 0 Å². The number of nitriles is 1. The minimum absolute atomic E-state index is 0.425. The molecule has 0 fully saturated rings. The molecule has 0 amide bonds. The molecule has 11 heteroatoms. The van der Waals surface area contributed by atoms with Crippen molar-refractivity contribution in [3.63, 3.8) is 0 Å². The van der Waals surface area contributed by atoms with Gasteiger partial charge in [-0.3, -0.25) is 10.1 Å². The molecule has 1 rings (SSSR count). The molecule has 0 unspecified atom stereocenters. The van der Waals surface area contributed by atoms with Gasteiger partial charge in [-0.25, -0.2) is 8.42 Å². The molecule has 0 aliphatic rings. The standard InChI is InChI=1S/C8H3ClF2N2O5S/c9-19(16,17)7-5(13(14)15)1-4(3-12)2-6(7)18-8(10)11/h1-2,8H. The largest absolute Gasteiger partial charge is 0.433 e. The maximum Gasteiger partial charge on any atom is 0.387 e. The minimum atomic E-state index is -4.72. The van der Waals surface area contributed by atoms with Crippen LogP contribution in [0.25, 0.3) is 0 Å². The Morgan fingerprint density at radius 3 is 2.42 bits per heavy atom. The van der Waals surface area contributed by atoms with E-state index in [0.29, 0.717) is 12.1 Å². The van der Waals surface area contributed by atoms with Crippen molar-refractivity contribution >= 4 is 25.4 Å². The van der Waals surface area contributed by atoms with Crippen LogP contribution >= 0.6 is 10.7 Å². The molecule has 7 nitrogen and oxygen atoms in total. The number of benzene rings is 1. The van der Waals surface area contributed by atoms with E-state index >= 15 is 0 Å². The average molecular weight is 313 g/mol. The first-order valence-electron chi connectivity index (χ1n) is 4.29. The topological polar surface area (TPSA) is 110 Å². The van der Waals surface area contributed by atoms with Crippen LogP contribution in [0.15, 0.2) is 17.0 Å². The van der Waals surface area contributed by atoms with Crippen molar-refractivity contribution in [3.05, 3.63) is 27.8 Å². The predicted molar refractivity (Wildman–Crippen MR) is 57.5 cm³/mol. The summed E-state index contributed by atoms with van der Waals surface area (Å²) in [5, 5.41) is 19.3. The van der Waals surface area contributed by atoms with Gasteiger partial charge in [0.15, 0.2) is 5.75 Å². The second-order valence-electron chi connectivity index (χ2n) is 3.01. The summed E-state index contributed by atoms with van der Waals surface area (Å²) in [6, 6.07) is 2.66. The van der Waals surface area contributed by atoms with Gasteiger partial charge in [-0.05, 0) is 0 Å². The van der Waals surface area contributed by atoms with E-state index in [2.05, 4.69) is 4.74 Å². The number of nitrogens with zero attached hydrogens (tertiary/aromatic N) is 2. The quantitative estimate of drug-likeness (QED) is 0.477. The molecule has 0 spiro atoms. The van der Waals surface area contributed by atoms with Crippen LogP contribution in [0.1, 0.15) is 5.56 Å². The molecule has 19 heavy (non-hydrogen) atoms. The molecular formula is C8H3ClF2N2O5S. The van der Waals surface area contributed by atoms with Crippen molar-refractivity contribution in [2.24, 2.45) is 0 Å². The summed E-state index contributed by atoms with van der Waals surface area (Å²) in [7, 11) is 0.235. The van der Waals surface area contributed by atoms with Crippen LogP contribution in [0.5, 0.6) is 5.75 Å². The van der Waals surface area contributed by atoms with Crippen LogP contribution in [-0.2, 0) is 9.05 Å². The summed E-state index contributed by atoms with van der Waals surface area (Å²) in [6.45, 7) is -3.44. The molecular weight excluding hydrogens is 310 g/mol. The normalized spacial score (nSPS) is 11.1. The molecule has 0 aliphatic heterocycles. The number of nitro benzene ring substituents is 1. The highest BCUT2D eigenvalue weighted by molar-refractivity contribution is 8.14. The molecule has 1 aromatic carbocycles. The molecule has 0 saturated heterocycles. The van der Waals surface area contributed by atoms with Gasteiger partial charge in [0.1, 0.15) is 0 Å². The molecule has 0 aliphatic carbocycles. The lowest BCUT2D eigenvalue weighted by Gasteiger charge is -2.09. The fraction of sp³-hybridized carbons (Fsp3) is 0.125. The molecule has 102 valence electrons. The third kappa shape index (κ3) is 3.49. The Morgan fingerprint density at radius 2 is 2.05 bits per heavy atom. The molecule has 0 bridgehead atoms. The van der Waals surface area contributed by atoms with Gasteiger partial charge >= 0.3 is 6.61 Å². The Morgan fingerprint density at radius 1 is 1.47 bits per heavy atom. The summed E-state index contributed by atoms with van der Waals surface area (Å²) in [4.78, 5) is 8.31. The van der Waals surface area contributed by atoms with Gasteiger partial charge in [-0.15, -0.1) is 0 Å². The fourth-order valence-electron chi connectivity index (χ4n) is 1.22. The van der Waals surface area contributed by atoms with Crippen LogP contribution in [0.2, 0.25) is 0 Å². The minimum Gasteiger partial charge on any atom is -0.433 e. The number of hydrogen-bond acceptors (Lipinski definition) is 6. The molecule has 0 atom stereocenters. The second-order valence-corrected chi connectivity index (χ2v) is 5.51. The predicted octanol–water partition coefficient (Wildman–Crippen LogP) is 2.00. The SMILES string of the molecule is N#Cc1cc(OC(F)F)c(S(=O)(=O)Cl)c([N+](=O)[O-])c1. The van der Waals surface area contributed by atoms with E-state index in [9.17, 15) is 27.3 Å². The summed E-state index contributed by atoms with van der Waals surface area (Å²) in [6.07, 6.45) is 0. The van der Waals surface area contributed by atoms with E-state index in [4.69, 9.17) is 15.9 Å². The van der Waals surface area contributed by atoms with Gasteiger partial charge in [-0.2, -0.15) is 14.0 Å². The number of alkyl halides is 2. The van der Waals surface area contributed by atoms with E-state index in [1.807, 2.05) is 0 Å². The maximum absolute atomic E-state index is 12.1. The lowest BCUT2D eigenvalue weighted by molar-refractivity contribution is -0.388. The summed E-state index contributed by atoms with van der Waals surface area (Å²) in [5.41, 5.74) is -1.55. The van der Waals surface area contributed by atoms with E-state index in [-0.39, 0.29) is 0 Å². The first-order chi connectivity index (χ1) is 8.66. The first-order valence-corrected chi connectivity index (χ1v) is 6.59. The molecule has 0 N–H and O–H groups in total. The number of halogens is 3. The van der Waals surface area contributed by atoms with E-state index in [1.54, 1.807) is 0 Å². The molecule has 0 radical (unpaired) electrons. The Kier molecular flexibility index (Phi) is 4.23.